The summed E-state index contributed by atoms with van der Waals surface area (Å²) in [7, 11) is 0. The molecule has 0 radical (unpaired) electrons. The van der Waals surface area contributed by atoms with Crippen molar-refractivity contribution in [3.8, 4) is 0 Å². The number of aromatic nitrogens is 2. The van der Waals surface area contributed by atoms with Gasteiger partial charge in [-0.2, -0.15) is 5.10 Å². The van der Waals surface area contributed by atoms with Gasteiger partial charge in [-0.25, -0.2) is 0 Å². The molecule has 0 atom stereocenters. The number of unbranched alkanes of at least 4 members (excludes halogenated alkanes) is 3. The van der Waals surface area contributed by atoms with Crippen molar-refractivity contribution in [1.82, 2.24) is 9.78 Å². The zero-order valence-electron chi connectivity index (χ0n) is 10.1. The zero-order valence-corrected chi connectivity index (χ0v) is 10.1. The summed E-state index contributed by atoms with van der Waals surface area (Å²) in [6.45, 7) is 9.50. The predicted octanol–water partition coefficient (Wildman–Crippen LogP) is 3.80. The lowest BCUT2D eigenvalue weighted by Gasteiger charge is -1.89. The molecule has 0 aliphatic carbocycles. The largest absolute Gasteiger partial charge is 0.273 e. The summed E-state index contributed by atoms with van der Waals surface area (Å²) in [6.07, 6.45) is 7.52. The van der Waals surface area contributed by atoms with Crippen molar-refractivity contribution in [3.63, 3.8) is 0 Å². The van der Waals surface area contributed by atoms with E-state index in [1.54, 1.807) is 0 Å². The Labute approximate surface area is 88.3 Å². The van der Waals surface area contributed by atoms with Gasteiger partial charge in [0.1, 0.15) is 0 Å². The van der Waals surface area contributed by atoms with Crippen LogP contribution >= 0.6 is 0 Å². The molecule has 82 valence electrons. The molecule has 1 rings (SSSR count). The molecule has 1 heterocycles. The molecule has 1 aromatic heterocycles. The van der Waals surface area contributed by atoms with Gasteiger partial charge >= 0.3 is 0 Å². The van der Waals surface area contributed by atoms with E-state index in [-0.39, 0.29) is 0 Å². The Balaban J connectivity index is 0.000000255. The smallest absolute Gasteiger partial charge is 0.0593 e. The molecule has 0 saturated heterocycles. The van der Waals surface area contributed by atoms with Gasteiger partial charge in [0.2, 0.25) is 0 Å². The zero-order chi connectivity index (χ0) is 10.8. The summed E-state index contributed by atoms with van der Waals surface area (Å²) in [6, 6.07) is 2.00. The first-order valence-electron chi connectivity index (χ1n) is 5.74. The van der Waals surface area contributed by atoms with Crippen LogP contribution in [-0.4, -0.2) is 9.78 Å². The van der Waals surface area contributed by atoms with E-state index in [2.05, 4.69) is 25.9 Å². The first kappa shape index (κ1) is 13.2. The summed E-state index contributed by atoms with van der Waals surface area (Å²) >= 11 is 0. The number of aryl methyl sites for hydroxylation is 2. The van der Waals surface area contributed by atoms with E-state index in [4.69, 9.17) is 0 Å². The van der Waals surface area contributed by atoms with Crippen LogP contribution < -0.4 is 0 Å². The van der Waals surface area contributed by atoms with Crippen molar-refractivity contribution in [2.75, 3.05) is 0 Å². The summed E-state index contributed by atoms with van der Waals surface area (Å²) in [5.74, 6) is 0. The number of hydrogen-bond donors (Lipinski definition) is 0. The van der Waals surface area contributed by atoms with Crippen molar-refractivity contribution in [2.45, 2.75) is 59.9 Å². The second kappa shape index (κ2) is 8.79. The lowest BCUT2D eigenvalue weighted by Crippen LogP contribution is -1.93. The van der Waals surface area contributed by atoms with Gasteiger partial charge in [-0.1, -0.05) is 39.5 Å². The van der Waals surface area contributed by atoms with Crippen LogP contribution in [0.15, 0.2) is 12.3 Å². The highest BCUT2D eigenvalue weighted by molar-refractivity contribution is 4.94. The third-order valence-electron chi connectivity index (χ3n) is 2.06. The van der Waals surface area contributed by atoms with Gasteiger partial charge in [-0.05, 0) is 19.9 Å². The number of rotatable bonds is 4. The molecule has 0 bridgehead atoms. The highest BCUT2D eigenvalue weighted by atomic mass is 15.3. The molecule has 14 heavy (non-hydrogen) atoms. The lowest BCUT2D eigenvalue weighted by atomic mass is 10.2. The van der Waals surface area contributed by atoms with E-state index in [1.807, 2.05) is 23.9 Å². The molecule has 0 unspecified atom stereocenters. The van der Waals surface area contributed by atoms with E-state index >= 15 is 0 Å². The standard InChI is InChI=1S/C6H10N2.C6H14/c1-3-8-5-4-6(2)7-8;1-3-5-6-4-2/h4-5H,3H2,1-2H3;3-6H2,1-2H3. The van der Waals surface area contributed by atoms with Gasteiger partial charge in [0.25, 0.3) is 0 Å². The second-order valence-corrected chi connectivity index (χ2v) is 3.52. The van der Waals surface area contributed by atoms with Crippen LogP contribution in [-0.2, 0) is 6.54 Å². The molecular weight excluding hydrogens is 172 g/mol. The van der Waals surface area contributed by atoms with Crippen LogP contribution in [0.25, 0.3) is 0 Å². The van der Waals surface area contributed by atoms with Crippen molar-refractivity contribution in [1.29, 1.82) is 0 Å². The molecule has 2 nitrogen and oxygen atoms in total. The van der Waals surface area contributed by atoms with Crippen LogP contribution in [0.5, 0.6) is 0 Å². The van der Waals surface area contributed by atoms with Gasteiger partial charge < -0.3 is 0 Å². The fourth-order valence-corrected chi connectivity index (χ4v) is 1.14. The molecule has 0 aromatic carbocycles. The minimum Gasteiger partial charge on any atom is -0.273 e. The van der Waals surface area contributed by atoms with Crippen LogP contribution in [0.1, 0.15) is 52.1 Å². The third kappa shape index (κ3) is 6.70. The van der Waals surface area contributed by atoms with Gasteiger partial charge in [-0.15, -0.1) is 0 Å². The minimum absolute atomic E-state index is 0.966. The van der Waals surface area contributed by atoms with Crippen molar-refractivity contribution < 1.29 is 0 Å². The third-order valence-corrected chi connectivity index (χ3v) is 2.06. The average Bonchev–Trinajstić information content (AvgIpc) is 2.62. The molecule has 0 fully saturated rings. The van der Waals surface area contributed by atoms with Gasteiger partial charge in [-0.3, -0.25) is 4.68 Å². The maximum Gasteiger partial charge on any atom is 0.0593 e. The Morgan fingerprint density at radius 2 is 1.71 bits per heavy atom. The van der Waals surface area contributed by atoms with Crippen LogP contribution in [0.4, 0.5) is 0 Å². The van der Waals surface area contributed by atoms with Crippen LogP contribution in [0.2, 0.25) is 0 Å². The second-order valence-electron chi connectivity index (χ2n) is 3.52. The quantitative estimate of drug-likeness (QED) is 0.670. The Morgan fingerprint density at radius 1 is 1.14 bits per heavy atom. The molecule has 0 spiro atoms. The maximum absolute atomic E-state index is 4.15. The van der Waals surface area contributed by atoms with E-state index in [0.29, 0.717) is 0 Å². The highest BCUT2D eigenvalue weighted by Crippen LogP contribution is 1.95. The SMILES string of the molecule is CCCCCC.CCn1ccc(C)n1. The average molecular weight is 196 g/mol. The van der Waals surface area contributed by atoms with E-state index < -0.39 is 0 Å². The van der Waals surface area contributed by atoms with Crippen molar-refractivity contribution in [2.24, 2.45) is 0 Å². The van der Waals surface area contributed by atoms with Gasteiger partial charge in [0.15, 0.2) is 0 Å². The Bertz CT molecular complexity index is 212. The minimum atomic E-state index is 0.966. The fourth-order valence-electron chi connectivity index (χ4n) is 1.14. The molecule has 0 aliphatic heterocycles. The Hall–Kier alpha value is -0.790. The van der Waals surface area contributed by atoms with E-state index in [1.165, 1.54) is 25.7 Å². The summed E-state index contributed by atoms with van der Waals surface area (Å²) in [4.78, 5) is 0. The lowest BCUT2D eigenvalue weighted by molar-refractivity contribution is 0.653. The molecule has 0 aliphatic rings. The number of hydrogen-bond acceptors (Lipinski definition) is 1. The Kier molecular flexibility index (Phi) is 8.30. The van der Waals surface area contributed by atoms with Crippen LogP contribution in [0.3, 0.4) is 0 Å². The van der Waals surface area contributed by atoms with Crippen molar-refractivity contribution in [3.05, 3.63) is 18.0 Å². The molecule has 1 aromatic rings. The summed E-state index contributed by atoms with van der Waals surface area (Å²) < 4.78 is 1.91. The number of nitrogens with zero attached hydrogens (tertiary/aromatic N) is 2. The molecule has 0 N–H and O–H groups in total. The summed E-state index contributed by atoms with van der Waals surface area (Å²) in [5, 5.41) is 4.15. The van der Waals surface area contributed by atoms with Gasteiger partial charge in [0.05, 0.1) is 5.69 Å². The summed E-state index contributed by atoms with van der Waals surface area (Å²) in [5.41, 5.74) is 1.09. The molecular formula is C12H24N2. The monoisotopic (exact) mass is 196 g/mol. The molecule has 0 saturated carbocycles. The molecule has 0 amide bonds. The van der Waals surface area contributed by atoms with E-state index in [0.717, 1.165) is 12.2 Å². The molecule has 2 heteroatoms. The van der Waals surface area contributed by atoms with Gasteiger partial charge in [0, 0.05) is 12.7 Å². The first-order valence-corrected chi connectivity index (χ1v) is 5.74. The highest BCUT2D eigenvalue weighted by Gasteiger charge is 1.86. The van der Waals surface area contributed by atoms with E-state index in [9.17, 15) is 0 Å². The maximum atomic E-state index is 4.15. The topological polar surface area (TPSA) is 17.8 Å². The fraction of sp³-hybridized carbons (Fsp3) is 0.750. The van der Waals surface area contributed by atoms with Crippen LogP contribution in [0, 0.1) is 6.92 Å². The van der Waals surface area contributed by atoms with Crippen molar-refractivity contribution >= 4 is 0 Å². The normalized spacial score (nSPS) is 9.43. The predicted molar refractivity (Wildman–Crippen MR) is 62.5 cm³/mol. The Morgan fingerprint density at radius 3 is 1.93 bits per heavy atom. The first-order chi connectivity index (χ1) is 6.74.